The SMILES string of the molecule is C=C(CC)C1=CCC(C)CC1. The summed E-state index contributed by atoms with van der Waals surface area (Å²) in [7, 11) is 0. The number of hydrogen-bond acceptors (Lipinski definition) is 0. The van der Waals surface area contributed by atoms with Crippen LogP contribution < -0.4 is 0 Å². The third-order valence-corrected chi connectivity index (χ3v) is 2.55. The lowest BCUT2D eigenvalue weighted by atomic mass is 9.87. The van der Waals surface area contributed by atoms with Gasteiger partial charge in [-0.15, -0.1) is 0 Å². The van der Waals surface area contributed by atoms with E-state index in [0.717, 1.165) is 12.3 Å². The highest BCUT2D eigenvalue weighted by Crippen LogP contribution is 2.27. The first-order valence-corrected chi connectivity index (χ1v) is 4.61. The van der Waals surface area contributed by atoms with E-state index in [1.165, 1.54) is 30.4 Å². The van der Waals surface area contributed by atoms with Gasteiger partial charge in [-0.05, 0) is 37.2 Å². The molecule has 0 fully saturated rings. The number of hydrogen-bond donors (Lipinski definition) is 0. The van der Waals surface area contributed by atoms with E-state index in [2.05, 4.69) is 26.5 Å². The lowest BCUT2D eigenvalue weighted by Crippen LogP contribution is -2.02. The molecule has 1 atom stereocenters. The maximum atomic E-state index is 4.05. The van der Waals surface area contributed by atoms with Crippen LogP contribution in [-0.2, 0) is 0 Å². The van der Waals surface area contributed by atoms with Gasteiger partial charge in [-0.1, -0.05) is 32.1 Å². The van der Waals surface area contributed by atoms with E-state index < -0.39 is 0 Å². The van der Waals surface area contributed by atoms with E-state index in [9.17, 15) is 0 Å². The molecular weight excluding hydrogens is 132 g/mol. The monoisotopic (exact) mass is 150 g/mol. The van der Waals surface area contributed by atoms with Crippen LogP contribution in [0.2, 0.25) is 0 Å². The van der Waals surface area contributed by atoms with Crippen LogP contribution in [0.3, 0.4) is 0 Å². The van der Waals surface area contributed by atoms with Crippen molar-refractivity contribution in [3.05, 3.63) is 23.8 Å². The zero-order valence-electron chi connectivity index (χ0n) is 7.69. The summed E-state index contributed by atoms with van der Waals surface area (Å²) < 4.78 is 0. The Kier molecular flexibility index (Phi) is 2.92. The van der Waals surface area contributed by atoms with Gasteiger partial charge in [0.25, 0.3) is 0 Å². The molecule has 0 aliphatic heterocycles. The predicted molar refractivity (Wildman–Crippen MR) is 50.5 cm³/mol. The molecule has 0 bridgehead atoms. The van der Waals surface area contributed by atoms with Crippen molar-refractivity contribution in [3.63, 3.8) is 0 Å². The van der Waals surface area contributed by atoms with Crippen molar-refractivity contribution in [3.8, 4) is 0 Å². The molecule has 0 aromatic heterocycles. The summed E-state index contributed by atoms with van der Waals surface area (Å²) >= 11 is 0. The molecule has 0 N–H and O–H groups in total. The van der Waals surface area contributed by atoms with Gasteiger partial charge >= 0.3 is 0 Å². The standard InChI is InChI=1S/C11H18/c1-4-10(3)11-7-5-9(2)6-8-11/h7,9H,3-6,8H2,1-2H3. The summed E-state index contributed by atoms with van der Waals surface area (Å²) in [6, 6.07) is 0. The Morgan fingerprint density at radius 3 is 2.91 bits per heavy atom. The van der Waals surface area contributed by atoms with E-state index in [-0.39, 0.29) is 0 Å². The fourth-order valence-corrected chi connectivity index (χ4v) is 1.51. The lowest BCUT2D eigenvalue weighted by Gasteiger charge is -2.18. The van der Waals surface area contributed by atoms with Gasteiger partial charge in [-0.25, -0.2) is 0 Å². The number of allylic oxidation sites excluding steroid dienone is 3. The molecule has 11 heavy (non-hydrogen) atoms. The van der Waals surface area contributed by atoms with Gasteiger partial charge < -0.3 is 0 Å². The molecule has 0 radical (unpaired) electrons. The first-order valence-electron chi connectivity index (χ1n) is 4.61. The second kappa shape index (κ2) is 3.75. The van der Waals surface area contributed by atoms with Crippen molar-refractivity contribution >= 4 is 0 Å². The second-order valence-electron chi connectivity index (χ2n) is 3.57. The smallest absolute Gasteiger partial charge is 0.0277 e. The molecule has 1 rings (SSSR count). The first kappa shape index (κ1) is 8.58. The third-order valence-electron chi connectivity index (χ3n) is 2.55. The minimum absolute atomic E-state index is 0.892. The van der Waals surface area contributed by atoms with E-state index in [1.54, 1.807) is 0 Å². The van der Waals surface area contributed by atoms with Gasteiger partial charge in [0.2, 0.25) is 0 Å². The molecule has 0 heteroatoms. The molecule has 0 amide bonds. The maximum Gasteiger partial charge on any atom is -0.0277 e. The van der Waals surface area contributed by atoms with Crippen LogP contribution in [-0.4, -0.2) is 0 Å². The molecule has 0 spiro atoms. The van der Waals surface area contributed by atoms with Gasteiger partial charge in [0.05, 0.1) is 0 Å². The Hall–Kier alpha value is -0.520. The van der Waals surface area contributed by atoms with Crippen LogP contribution in [0.1, 0.15) is 39.5 Å². The topological polar surface area (TPSA) is 0 Å². The molecule has 0 aromatic carbocycles. The van der Waals surface area contributed by atoms with Crippen LogP contribution in [0, 0.1) is 5.92 Å². The second-order valence-corrected chi connectivity index (χ2v) is 3.57. The van der Waals surface area contributed by atoms with Gasteiger partial charge in [0, 0.05) is 0 Å². The summed E-state index contributed by atoms with van der Waals surface area (Å²) in [4.78, 5) is 0. The highest BCUT2D eigenvalue weighted by molar-refractivity contribution is 5.29. The van der Waals surface area contributed by atoms with Crippen molar-refractivity contribution in [2.75, 3.05) is 0 Å². The molecule has 1 unspecified atom stereocenters. The van der Waals surface area contributed by atoms with Gasteiger partial charge in [-0.3, -0.25) is 0 Å². The lowest BCUT2D eigenvalue weighted by molar-refractivity contribution is 0.515. The fraction of sp³-hybridized carbons (Fsp3) is 0.636. The zero-order chi connectivity index (χ0) is 8.27. The van der Waals surface area contributed by atoms with E-state index in [4.69, 9.17) is 0 Å². The maximum absolute atomic E-state index is 4.05. The van der Waals surface area contributed by atoms with Crippen molar-refractivity contribution < 1.29 is 0 Å². The third kappa shape index (κ3) is 2.21. The molecule has 0 nitrogen and oxygen atoms in total. The Labute approximate surface area is 70.0 Å². The Morgan fingerprint density at radius 1 is 1.73 bits per heavy atom. The Bertz CT molecular complexity index is 174. The van der Waals surface area contributed by atoms with E-state index in [1.807, 2.05) is 0 Å². The van der Waals surface area contributed by atoms with Crippen molar-refractivity contribution in [1.82, 2.24) is 0 Å². The molecular formula is C11H18. The normalized spacial score (nSPS) is 24.5. The Morgan fingerprint density at radius 2 is 2.45 bits per heavy atom. The fourth-order valence-electron chi connectivity index (χ4n) is 1.51. The number of rotatable bonds is 2. The van der Waals surface area contributed by atoms with Crippen LogP contribution >= 0.6 is 0 Å². The molecule has 1 aliphatic rings. The largest absolute Gasteiger partial charge is 0.0956 e. The zero-order valence-corrected chi connectivity index (χ0v) is 7.69. The van der Waals surface area contributed by atoms with Gasteiger partial charge in [0.1, 0.15) is 0 Å². The molecule has 62 valence electrons. The highest BCUT2D eigenvalue weighted by Gasteiger charge is 2.10. The van der Waals surface area contributed by atoms with E-state index in [0.29, 0.717) is 0 Å². The van der Waals surface area contributed by atoms with Gasteiger partial charge in [-0.2, -0.15) is 0 Å². The minimum atomic E-state index is 0.892. The van der Waals surface area contributed by atoms with E-state index >= 15 is 0 Å². The highest BCUT2D eigenvalue weighted by atomic mass is 14.2. The van der Waals surface area contributed by atoms with Gasteiger partial charge in [0.15, 0.2) is 0 Å². The molecule has 0 heterocycles. The predicted octanol–water partition coefficient (Wildman–Crippen LogP) is 3.70. The van der Waals surface area contributed by atoms with Crippen molar-refractivity contribution in [2.45, 2.75) is 39.5 Å². The van der Waals surface area contributed by atoms with Crippen LogP contribution in [0.25, 0.3) is 0 Å². The quantitative estimate of drug-likeness (QED) is 0.563. The summed E-state index contributed by atoms with van der Waals surface area (Å²) in [6.07, 6.45) is 7.35. The molecule has 0 saturated carbocycles. The van der Waals surface area contributed by atoms with Crippen LogP contribution in [0.5, 0.6) is 0 Å². The average molecular weight is 150 g/mol. The van der Waals surface area contributed by atoms with Crippen LogP contribution in [0.4, 0.5) is 0 Å². The molecule has 1 aliphatic carbocycles. The van der Waals surface area contributed by atoms with Crippen LogP contribution in [0.15, 0.2) is 23.8 Å². The molecule has 0 aromatic rings. The molecule has 0 saturated heterocycles. The minimum Gasteiger partial charge on any atom is -0.0956 e. The summed E-state index contributed by atoms with van der Waals surface area (Å²) in [5.41, 5.74) is 2.86. The summed E-state index contributed by atoms with van der Waals surface area (Å²) in [6.45, 7) is 8.56. The van der Waals surface area contributed by atoms with Crippen molar-refractivity contribution in [2.24, 2.45) is 5.92 Å². The summed E-state index contributed by atoms with van der Waals surface area (Å²) in [5.74, 6) is 0.892. The Balaban J connectivity index is 2.54. The summed E-state index contributed by atoms with van der Waals surface area (Å²) in [5, 5.41) is 0. The van der Waals surface area contributed by atoms with Crippen molar-refractivity contribution in [1.29, 1.82) is 0 Å². The average Bonchev–Trinajstić information content (AvgIpc) is 2.05. The first-order chi connectivity index (χ1) is 5.24.